The Morgan fingerprint density at radius 3 is 2.74 bits per heavy atom. The molecule has 0 aliphatic rings. The van der Waals surface area contributed by atoms with Crippen molar-refractivity contribution >= 4 is 10.0 Å². The minimum atomic E-state index is -3.55. The van der Waals surface area contributed by atoms with Gasteiger partial charge < -0.3 is 0 Å². The summed E-state index contributed by atoms with van der Waals surface area (Å²) in [7, 11) is -3.55. The van der Waals surface area contributed by atoms with Gasteiger partial charge in [0.05, 0.1) is 17.9 Å². The summed E-state index contributed by atoms with van der Waals surface area (Å²) in [5, 5.41) is 4.13. The second-order valence-electron chi connectivity index (χ2n) is 4.08. The highest BCUT2D eigenvalue weighted by atomic mass is 32.2. The predicted octanol–water partition coefficient (Wildman–Crippen LogP) is 1.08. The van der Waals surface area contributed by atoms with Crippen molar-refractivity contribution in [3.8, 4) is 0 Å². The first kappa shape index (κ1) is 13.7. The Labute approximate surface area is 112 Å². The molecule has 0 aliphatic carbocycles. The molecule has 7 heteroatoms. The molecule has 0 fully saturated rings. The van der Waals surface area contributed by atoms with Crippen LogP contribution in [-0.4, -0.2) is 23.2 Å². The average molecular weight is 280 g/mol. The number of aryl methyl sites for hydroxylation is 2. The summed E-state index contributed by atoms with van der Waals surface area (Å²) in [6.45, 7) is 4.39. The molecule has 2 aromatic heterocycles. The fraction of sp³-hybridized carbons (Fsp3) is 0.333. The maximum atomic E-state index is 12.2. The monoisotopic (exact) mass is 280 g/mol. The first-order valence-electron chi connectivity index (χ1n) is 5.96. The molecule has 1 N–H and O–H groups in total. The van der Waals surface area contributed by atoms with Gasteiger partial charge in [0.25, 0.3) is 0 Å². The van der Waals surface area contributed by atoms with Gasteiger partial charge in [-0.3, -0.25) is 9.67 Å². The second kappa shape index (κ2) is 5.50. The smallest absolute Gasteiger partial charge is 0.244 e. The van der Waals surface area contributed by atoms with Crippen molar-refractivity contribution in [2.45, 2.75) is 31.8 Å². The number of hydrogen-bond donors (Lipinski definition) is 1. The van der Waals surface area contributed by atoms with Gasteiger partial charge in [-0.05, 0) is 26.0 Å². The molecule has 0 saturated carbocycles. The molecule has 0 spiro atoms. The first-order valence-corrected chi connectivity index (χ1v) is 7.45. The molecule has 102 valence electrons. The van der Waals surface area contributed by atoms with Crippen LogP contribution in [0.3, 0.4) is 0 Å². The van der Waals surface area contributed by atoms with Crippen LogP contribution in [-0.2, 0) is 23.1 Å². The summed E-state index contributed by atoms with van der Waals surface area (Å²) in [5.74, 6) is 0. The Bertz CT molecular complexity index is 650. The van der Waals surface area contributed by atoms with Crippen molar-refractivity contribution in [2.75, 3.05) is 0 Å². The zero-order valence-electron chi connectivity index (χ0n) is 10.9. The lowest BCUT2D eigenvalue weighted by Crippen LogP contribution is -2.24. The lowest BCUT2D eigenvalue weighted by molar-refractivity contribution is 0.579. The molecular formula is C12H16N4O2S. The van der Waals surface area contributed by atoms with E-state index in [0.29, 0.717) is 17.9 Å². The largest absolute Gasteiger partial charge is 0.271 e. The summed E-state index contributed by atoms with van der Waals surface area (Å²) in [5.41, 5.74) is 1.17. The SMILES string of the molecule is CCn1cc(S(=O)(=O)NCc2ccccn2)c(C)n1. The molecule has 0 amide bonds. The lowest BCUT2D eigenvalue weighted by atomic mass is 10.4. The second-order valence-corrected chi connectivity index (χ2v) is 5.82. The molecule has 0 aliphatic heterocycles. The van der Waals surface area contributed by atoms with Gasteiger partial charge in [0.15, 0.2) is 0 Å². The molecule has 0 saturated heterocycles. The number of aromatic nitrogens is 3. The van der Waals surface area contributed by atoms with Gasteiger partial charge in [-0.2, -0.15) is 5.10 Å². The van der Waals surface area contributed by atoms with E-state index in [0.717, 1.165) is 0 Å². The van der Waals surface area contributed by atoms with Crippen LogP contribution < -0.4 is 4.72 Å². The zero-order chi connectivity index (χ0) is 13.9. The maximum absolute atomic E-state index is 12.2. The summed E-state index contributed by atoms with van der Waals surface area (Å²) in [6, 6.07) is 5.37. The van der Waals surface area contributed by atoms with Crippen molar-refractivity contribution < 1.29 is 8.42 Å². The Morgan fingerprint density at radius 1 is 1.37 bits per heavy atom. The predicted molar refractivity (Wildman–Crippen MR) is 70.9 cm³/mol. The van der Waals surface area contributed by atoms with Crippen LogP contribution in [0, 0.1) is 6.92 Å². The Balaban J connectivity index is 2.16. The third kappa shape index (κ3) is 3.18. The van der Waals surface area contributed by atoms with E-state index in [9.17, 15) is 8.42 Å². The van der Waals surface area contributed by atoms with Gasteiger partial charge in [0.1, 0.15) is 4.90 Å². The standard InChI is InChI=1S/C12H16N4O2S/c1-3-16-9-12(10(2)15-16)19(17,18)14-8-11-6-4-5-7-13-11/h4-7,9,14H,3,8H2,1-2H3. The molecular weight excluding hydrogens is 264 g/mol. The summed E-state index contributed by atoms with van der Waals surface area (Å²) >= 11 is 0. The van der Waals surface area contributed by atoms with Crippen molar-refractivity contribution in [3.63, 3.8) is 0 Å². The van der Waals surface area contributed by atoms with E-state index >= 15 is 0 Å². The van der Waals surface area contributed by atoms with Gasteiger partial charge in [-0.1, -0.05) is 6.07 Å². The third-order valence-corrected chi connectivity index (χ3v) is 4.19. The Kier molecular flexibility index (Phi) is 3.96. The fourth-order valence-corrected chi connectivity index (χ4v) is 2.86. The van der Waals surface area contributed by atoms with Crippen molar-refractivity contribution in [3.05, 3.63) is 42.0 Å². The van der Waals surface area contributed by atoms with E-state index in [-0.39, 0.29) is 11.4 Å². The van der Waals surface area contributed by atoms with Gasteiger partial charge in [0, 0.05) is 18.9 Å². The number of rotatable bonds is 5. The number of hydrogen-bond acceptors (Lipinski definition) is 4. The van der Waals surface area contributed by atoms with Gasteiger partial charge in [-0.25, -0.2) is 13.1 Å². The first-order chi connectivity index (χ1) is 9.03. The molecule has 2 rings (SSSR count). The number of sulfonamides is 1. The molecule has 0 unspecified atom stereocenters. The molecule has 0 bridgehead atoms. The zero-order valence-corrected chi connectivity index (χ0v) is 11.7. The minimum absolute atomic E-state index is 0.167. The Hall–Kier alpha value is -1.73. The van der Waals surface area contributed by atoms with Crippen LogP contribution >= 0.6 is 0 Å². The number of nitrogens with zero attached hydrogens (tertiary/aromatic N) is 3. The molecule has 19 heavy (non-hydrogen) atoms. The summed E-state index contributed by atoms with van der Waals surface area (Å²) in [4.78, 5) is 4.28. The third-order valence-electron chi connectivity index (χ3n) is 2.68. The van der Waals surface area contributed by atoms with E-state index in [1.165, 1.54) is 6.20 Å². The highest BCUT2D eigenvalue weighted by Crippen LogP contribution is 2.13. The quantitative estimate of drug-likeness (QED) is 0.889. The van der Waals surface area contributed by atoms with Crippen LogP contribution in [0.1, 0.15) is 18.3 Å². The average Bonchev–Trinajstić information content (AvgIpc) is 2.80. The van der Waals surface area contributed by atoms with E-state index in [4.69, 9.17) is 0 Å². The summed E-state index contributed by atoms with van der Waals surface area (Å²) < 4.78 is 28.5. The van der Waals surface area contributed by atoms with Gasteiger partial charge >= 0.3 is 0 Å². The van der Waals surface area contributed by atoms with Crippen LogP contribution in [0.15, 0.2) is 35.5 Å². The Morgan fingerprint density at radius 2 is 2.16 bits per heavy atom. The molecule has 0 radical (unpaired) electrons. The van der Waals surface area contributed by atoms with E-state index < -0.39 is 10.0 Å². The van der Waals surface area contributed by atoms with Crippen molar-refractivity contribution in [1.82, 2.24) is 19.5 Å². The van der Waals surface area contributed by atoms with Crippen LogP contribution in [0.2, 0.25) is 0 Å². The summed E-state index contributed by atoms with van der Waals surface area (Å²) in [6.07, 6.45) is 3.17. The topological polar surface area (TPSA) is 76.9 Å². The maximum Gasteiger partial charge on any atom is 0.244 e. The van der Waals surface area contributed by atoms with Gasteiger partial charge in [0.2, 0.25) is 10.0 Å². The van der Waals surface area contributed by atoms with Crippen LogP contribution in [0.5, 0.6) is 0 Å². The van der Waals surface area contributed by atoms with Crippen LogP contribution in [0.4, 0.5) is 0 Å². The van der Waals surface area contributed by atoms with Crippen molar-refractivity contribution in [2.24, 2.45) is 0 Å². The molecule has 6 nitrogen and oxygen atoms in total. The molecule has 2 heterocycles. The van der Waals surface area contributed by atoms with Crippen LogP contribution in [0.25, 0.3) is 0 Å². The number of pyridine rings is 1. The normalized spacial score (nSPS) is 11.7. The van der Waals surface area contributed by atoms with Gasteiger partial charge in [-0.15, -0.1) is 0 Å². The molecule has 2 aromatic rings. The van der Waals surface area contributed by atoms with E-state index in [1.54, 1.807) is 29.9 Å². The number of nitrogens with one attached hydrogen (secondary N) is 1. The highest BCUT2D eigenvalue weighted by Gasteiger charge is 2.19. The van der Waals surface area contributed by atoms with E-state index in [2.05, 4.69) is 14.8 Å². The molecule has 0 atom stereocenters. The fourth-order valence-electron chi connectivity index (χ4n) is 1.67. The van der Waals surface area contributed by atoms with Crippen molar-refractivity contribution in [1.29, 1.82) is 0 Å². The minimum Gasteiger partial charge on any atom is -0.271 e. The van der Waals surface area contributed by atoms with E-state index in [1.807, 2.05) is 13.0 Å². The highest BCUT2D eigenvalue weighted by molar-refractivity contribution is 7.89. The molecule has 0 aromatic carbocycles. The lowest BCUT2D eigenvalue weighted by Gasteiger charge is -2.04.